The van der Waals surface area contributed by atoms with E-state index in [1.54, 1.807) is 0 Å². The third-order valence-electron chi connectivity index (χ3n) is 5.49. The summed E-state index contributed by atoms with van der Waals surface area (Å²) in [5.41, 5.74) is 2.29. The van der Waals surface area contributed by atoms with Gasteiger partial charge < -0.3 is 24.3 Å². The second kappa shape index (κ2) is 7.85. The number of nitrogens with zero attached hydrogens (tertiary/aromatic N) is 2. The van der Waals surface area contributed by atoms with Gasteiger partial charge in [-0.1, -0.05) is 12.1 Å². The number of benzene rings is 3. The molecule has 7 nitrogen and oxygen atoms in total. The van der Waals surface area contributed by atoms with Crippen molar-refractivity contribution in [2.24, 2.45) is 0 Å². The number of anilines is 1. The van der Waals surface area contributed by atoms with E-state index in [0.717, 1.165) is 11.0 Å². The molecule has 0 spiro atoms. The Labute approximate surface area is 184 Å². The molecule has 0 amide bonds. The first-order chi connectivity index (χ1) is 15.2. The summed E-state index contributed by atoms with van der Waals surface area (Å²) in [6, 6.07) is 15.3. The largest absolute Gasteiger partial charge is 0.545 e. The summed E-state index contributed by atoms with van der Waals surface area (Å²) in [5, 5.41) is 23.3. The number of rotatable bonds is 4. The zero-order chi connectivity index (χ0) is 23.2. The lowest BCUT2D eigenvalue weighted by Crippen LogP contribution is -2.24. The molecule has 0 aromatic heterocycles. The van der Waals surface area contributed by atoms with E-state index >= 15 is 0 Å². The monoisotopic (exact) mass is 430 g/mol. The van der Waals surface area contributed by atoms with Crippen molar-refractivity contribution in [3.63, 3.8) is 0 Å². The van der Waals surface area contributed by atoms with Gasteiger partial charge in [-0.15, -0.1) is 0 Å². The first kappa shape index (κ1) is 21.1. The van der Waals surface area contributed by atoms with Gasteiger partial charge in [-0.05, 0) is 24.3 Å². The second-order valence-electron chi connectivity index (χ2n) is 7.95. The van der Waals surface area contributed by atoms with Crippen LogP contribution in [0, 0.1) is 0 Å². The van der Waals surface area contributed by atoms with E-state index in [-0.39, 0.29) is 16.7 Å². The van der Waals surface area contributed by atoms with Crippen LogP contribution in [0.1, 0.15) is 20.7 Å². The maximum Gasteiger partial charge on any atom is 0.336 e. The molecule has 1 N–H and O–H groups in total. The molecular formula is C25H22N2O5. The first-order valence-corrected chi connectivity index (χ1v) is 9.95. The predicted octanol–water partition coefficient (Wildman–Crippen LogP) is 2.36. The Morgan fingerprint density at radius 3 is 2.31 bits per heavy atom. The molecule has 1 aliphatic heterocycles. The van der Waals surface area contributed by atoms with Crippen LogP contribution in [0.5, 0.6) is 0 Å². The minimum Gasteiger partial charge on any atom is -0.545 e. The van der Waals surface area contributed by atoms with Crippen molar-refractivity contribution in [2.45, 2.75) is 0 Å². The summed E-state index contributed by atoms with van der Waals surface area (Å²) in [6.45, 7) is 0. The quantitative estimate of drug-likeness (QED) is 0.394. The number of aromatic carboxylic acids is 2. The lowest BCUT2D eigenvalue weighted by atomic mass is 9.87. The van der Waals surface area contributed by atoms with Crippen LogP contribution < -0.4 is 19.9 Å². The van der Waals surface area contributed by atoms with Crippen LogP contribution in [0.15, 0.2) is 59.0 Å². The molecule has 0 atom stereocenters. The number of carboxylic acids is 2. The van der Waals surface area contributed by atoms with Gasteiger partial charge in [0.05, 0.1) is 17.6 Å². The van der Waals surface area contributed by atoms with E-state index in [1.165, 1.54) is 18.2 Å². The summed E-state index contributed by atoms with van der Waals surface area (Å²) in [6.07, 6.45) is 0. The molecule has 1 heterocycles. The van der Waals surface area contributed by atoms with Crippen molar-refractivity contribution < 1.29 is 24.2 Å². The molecule has 32 heavy (non-hydrogen) atoms. The van der Waals surface area contributed by atoms with Crippen LogP contribution in [0.25, 0.3) is 33.4 Å². The van der Waals surface area contributed by atoms with Gasteiger partial charge in [0.15, 0.2) is 0 Å². The lowest BCUT2D eigenvalue weighted by Gasteiger charge is -2.21. The standard InChI is InChI=1S/C25H22N2O5/c1-26(2)14-8-10-16-20(12-14)32-21-13-15(27(3)4)9-11-17(21)22(16)23-18(24(28)29)6-5-7-19(23)25(30)31/h5-13H,1-4H3,(H-,28,29,30,31). The van der Waals surface area contributed by atoms with Crippen molar-refractivity contribution in [3.05, 3.63) is 71.1 Å². The van der Waals surface area contributed by atoms with Gasteiger partial charge in [-0.2, -0.15) is 0 Å². The Balaban J connectivity index is 2.26. The van der Waals surface area contributed by atoms with Gasteiger partial charge in [0, 0.05) is 59.6 Å². The molecule has 2 aromatic carbocycles. The van der Waals surface area contributed by atoms with Crippen LogP contribution in [0.3, 0.4) is 0 Å². The van der Waals surface area contributed by atoms with Gasteiger partial charge >= 0.3 is 5.97 Å². The number of carboxylic acid groups (broad SMARTS) is 2. The van der Waals surface area contributed by atoms with Crippen LogP contribution in [-0.4, -0.2) is 45.2 Å². The molecule has 1 aliphatic carbocycles. The molecule has 2 aliphatic rings. The molecular weight excluding hydrogens is 408 g/mol. The topological polar surface area (TPSA) is 96.8 Å². The predicted molar refractivity (Wildman–Crippen MR) is 121 cm³/mol. The van der Waals surface area contributed by atoms with Crippen molar-refractivity contribution in [2.75, 3.05) is 33.1 Å². The van der Waals surface area contributed by atoms with Crippen molar-refractivity contribution >= 4 is 28.6 Å². The summed E-state index contributed by atoms with van der Waals surface area (Å²) in [5.74, 6) is -2.15. The van der Waals surface area contributed by atoms with E-state index < -0.39 is 11.9 Å². The number of carbonyl (C=O) groups is 2. The molecule has 162 valence electrons. The molecule has 0 fully saturated rings. The second-order valence-corrected chi connectivity index (χ2v) is 7.95. The van der Waals surface area contributed by atoms with Gasteiger partial charge in [0.1, 0.15) is 25.4 Å². The third-order valence-corrected chi connectivity index (χ3v) is 5.49. The van der Waals surface area contributed by atoms with Gasteiger partial charge in [0.2, 0.25) is 5.36 Å². The minimum absolute atomic E-state index is 0.0982. The Bertz CT molecular complexity index is 1400. The molecule has 0 bridgehead atoms. The maximum atomic E-state index is 12.1. The minimum atomic E-state index is -1.44. The van der Waals surface area contributed by atoms with Gasteiger partial charge in [0.25, 0.3) is 0 Å². The zero-order valence-electron chi connectivity index (χ0n) is 18.2. The van der Waals surface area contributed by atoms with Crippen LogP contribution in [0.2, 0.25) is 0 Å². The van der Waals surface area contributed by atoms with E-state index in [1.807, 2.05) is 74.1 Å². The number of carbonyl (C=O) groups excluding carboxylic acids is 1. The highest BCUT2D eigenvalue weighted by atomic mass is 16.4. The number of hydrogen-bond donors (Lipinski definition) is 1. The van der Waals surface area contributed by atoms with Gasteiger partial charge in [-0.25, -0.2) is 9.37 Å². The summed E-state index contributed by atoms with van der Waals surface area (Å²) in [7, 11) is 7.62. The van der Waals surface area contributed by atoms with Crippen molar-refractivity contribution in [1.29, 1.82) is 0 Å². The molecule has 0 saturated heterocycles. The Morgan fingerprint density at radius 2 is 1.69 bits per heavy atom. The molecule has 7 heteroatoms. The third kappa shape index (κ3) is 3.47. The highest BCUT2D eigenvalue weighted by Gasteiger charge is 2.25. The average Bonchev–Trinajstić information content (AvgIpc) is 2.75. The summed E-state index contributed by atoms with van der Waals surface area (Å²) >= 11 is 0. The first-order valence-electron chi connectivity index (χ1n) is 9.95. The molecule has 2 aromatic rings. The number of fused-ring (bicyclic) bond motifs is 2. The zero-order valence-corrected chi connectivity index (χ0v) is 18.2. The maximum absolute atomic E-state index is 12.1. The van der Waals surface area contributed by atoms with Crippen molar-refractivity contribution in [1.82, 2.24) is 4.58 Å². The fourth-order valence-corrected chi connectivity index (χ4v) is 3.86. The van der Waals surface area contributed by atoms with E-state index in [4.69, 9.17) is 4.42 Å². The molecule has 0 radical (unpaired) electrons. The Kier molecular flexibility index (Phi) is 5.18. The van der Waals surface area contributed by atoms with E-state index in [2.05, 4.69) is 0 Å². The highest BCUT2D eigenvalue weighted by molar-refractivity contribution is 6.12. The van der Waals surface area contributed by atoms with Crippen LogP contribution in [0.4, 0.5) is 5.69 Å². The summed E-state index contributed by atoms with van der Waals surface area (Å²) < 4.78 is 8.15. The fourth-order valence-electron chi connectivity index (χ4n) is 3.86. The molecule has 0 unspecified atom stereocenters. The number of hydrogen-bond acceptors (Lipinski definition) is 5. The van der Waals surface area contributed by atoms with Crippen molar-refractivity contribution in [3.8, 4) is 22.5 Å². The Hall–Kier alpha value is -4.13. The van der Waals surface area contributed by atoms with Gasteiger partial charge in [-0.3, -0.25) is 0 Å². The normalized spacial score (nSPS) is 11.0. The van der Waals surface area contributed by atoms with E-state index in [0.29, 0.717) is 27.9 Å². The van der Waals surface area contributed by atoms with Crippen LogP contribution >= 0.6 is 0 Å². The SMILES string of the molecule is CN(C)c1ccc2c(-c3c(C(=O)[O-])cccc3C(=O)O)c3ccc(=[N+](C)C)cc-3oc2c1. The fraction of sp³-hybridized carbons (Fsp3) is 0.160. The summed E-state index contributed by atoms with van der Waals surface area (Å²) in [4.78, 5) is 26.0. The highest BCUT2D eigenvalue weighted by Crippen LogP contribution is 2.43. The molecule has 0 saturated carbocycles. The Morgan fingerprint density at radius 1 is 0.969 bits per heavy atom. The van der Waals surface area contributed by atoms with Crippen LogP contribution in [-0.2, 0) is 0 Å². The van der Waals surface area contributed by atoms with E-state index in [9.17, 15) is 19.8 Å². The molecule has 4 rings (SSSR count). The smallest absolute Gasteiger partial charge is 0.336 e. The average molecular weight is 430 g/mol. The lowest BCUT2D eigenvalue weighted by molar-refractivity contribution is -0.254.